The van der Waals surface area contributed by atoms with Crippen molar-refractivity contribution in [2.24, 2.45) is 0 Å². The molecule has 1 atom stereocenters. The number of hydrogen-bond donors (Lipinski definition) is 4. The van der Waals surface area contributed by atoms with Gasteiger partial charge in [0.1, 0.15) is 18.2 Å². The molecule has 1 rings (SSSR count). The molecular formula is C10H15N5O5. The Kier molecular flexibility index (Phi) is 5.94. The van der Waals surface area contributed by atoms with E-state index in [1.807, 2.05) is 0 Å². The van der Waals surface area contributed by atoms with E-state index >= 15 is 0 Å². The van der Waals surface area contributed by atoms with Gasteiger partial charge in [-0.3, -0.25) is 9.89 Å². The predicted octanol–water partition coefficient (Wildman–Crippen LogP) is -0.990. The highest BCUT2D eigenvalue weighted by atomic mass is 16.5. The normalized spacial score (nSPS) is 11.4. The van der Waals surface area contributed by atoms with Crippen LogP contribution in [0, 0.1) is 0 Å². The largest absolute Gasteiger partial charge is 0.480 e. The van der Waals surface area contributed by atoms with Crippen molar-refractivity contribution < 1.29 is 24.2 Å². The molecule has 4 N–H and O–H groups in total. The van der Waals surface area contributed by atoms with Crippen LogP contribution in [0.4, 0.5) is 4.79 Å². The van der Waals surface area contributed by atoms with E-state index in [0.29, 0.717) is 5.82 Å². The molecule has 0 aromatic carbocycles. The molecule has 0 aliphatic rings. The Morgan fingerprint density at radius 2 is 2.25 bits per heavy atom. The number of aromatic amines is 1. The topological polar surface area (TPSA) is 146 Å². The zero-order valence-electron chi connectivity index (χ0n) is 10.8. The second-order valence-corrected chi connectivity index (χ2v) is 3.76. The Hall–Kier alpha value is -2.65. The number of urea groups is 1. The Morgan fingerprint density at radius 1 is 1.50 bits per heavy atom. The van der Waals surface area contributed by atoms with Crippen molar-refractivity contribution in [3.63, 3.8) is 0 Å². The van der Waals surface area contributed by atoms with E-state index in [4.69, 9.17) is 5.11 Å². The summed E-state index contributed by atoms with van der Waals surface area (Å²) < 4.78 is 4.40. The summed E-state index contributed by atoms with van der Waals surface area (Å²) in [6.07, 6.45) is 1.12. The molecule has 20 heavy (non-hydrogen) atoms. The van der Waals surface area contributed by atoms with Gasteiger partial charge in [-0.15, -0.1) is 0 Å². The summed E-state index contributed by atoms with van der Waals surface area (Å²) in [7, 11) is 1.20. The van der Waals surface area contributed by atoms with Crippen molar-refractivity contribution in [1.82, 2.24) is 25.8 Å². The van der Waals surface area contributed by atoms with Gasteiger partial charge in [0.05, 0.1) is 13.7 Å². The number of nitrogens with zero attached hydrogens (tertiary/aromatic N) is 2. The summed E-state index contributed by atoms with van der Waals surface area (Å²) in [5.74, 6) is -1.34. The summed E-state index contributed by atoms with van der Waals surface area (Å²) >= 11 is 0. The van der Waals surface area contributed by atoms with Gasteiger partial charge in [0.25, 0.3) is 0 Å². The first kappa shape index (κ1) is 15.4. The molecule has 0 aliphatic heterocycles. The highest BCUT2D eigenvalue weighted by molar-refractivity contribution is 5.83. The molecule has 2 amide bonds. The lowest BCUT2D eigenvalue weighted by molar-refractivity contribution is -0.142. The van der Waals surface area contributed by atoms with Crippen LogP contribution in [0.3, 0.4) is 0 Å². The monoisotopic (exact) mass is 285 g/mol. The standard InChI is InChI=1S/C10H15N5O5/c1-20-8(16)3-2-6(9(17)18)14-10(19)11-4-7-12-5-13-15-7/h5-6H,2-4H2,1H3,(H,17,18)(H2,11,14,19)(H,12,13,15)/t6-/m1/s1. The summed E-state index contributed by atoms with van der Waals surface area (Å²) in [6, 6.07) is -1.86. The van der Waals surface area contributed by atoms with E-state index in [9.17, 15) is 14.4 Å². The first-order chi connectivity index (χ1) is 9.52. The van der Waals surface area contributed by atoms with Gasteiger partial charge in [0.2, 0.25) is 0 Å². The third-order valence-corrected chi connectivity index (χ3v) is 2.35. The van der Waals surface area contributed by atoms with E-state index < -0.39 is 24.0 Å². The second kappa shape index (κ2) is 7.71. The van der Waals surface area contributed by atoms with Gasteiger partial charge in [-0.1, -0.05) is 0 Å². The summed E-state index contributed by atoms with van der Waals surface area (Å²) in [4.78, 5) is 37.2. The molecule has 110 valence electrons. The second-order valence-electron chi connectivity index (χ2n) is 3.76. The number of amides is 2. The Balaban J connectivity index is 2.38. The van der Waals surface area contributed by atoms with Crippen LogP contribution in [0.15, 0.2) is 6.33 Å². The average molecular weight is 285 g/mol. The van der Waals surface area contributed by atoms with Gasteiger partial charge in [-0.2, -0.15) is 5.10 Å². The molecule has 0 aliphatic carbocycles. The van der Waals surface area contributed by atoms with E-state index in [1.54, 1.807) is 0 Å². The summed E-state index contributed by atoms with van der Waals surface area (Å²) in [5.41, 5.74) is 0. The zero-order chi connectivity index (χ0) is 15.0. The number of rotatable bonds is 7. The van der Waals surface area contributed by atoms with Crippen LogP contribution in [0.2, 0.25) is 0 Å². The van der Waals surface area contributed by atoms with Gasteiger partial charge in [-0.05, 0) is 6.42 Å². The van der Waals surface area contributed by atoms with Crippen molar-refractivity contribution in [3.8, 4) is 0 Å². The summed E-state index contributed by atoms with van der Waals surface area (Å²) in [5, 5.41) is 19.7. The minimum atomic E-state index is -1.23. The lowest BCUT2D eigenvalue weighted by Crippen LogP contribution is -2.46. The van der Waals surface area contributed by atoms with Crippen molar-refractivity contribution >= 4 is 18.0 Å². The van der Waals surface area contributed by atoms with Crippen LogP contribution in [-0.2, 0) is 20.9 Å². The molecule has 1 aromatic rings. The highest BCUT2D eigenvalue weighted by Crippen LogP contribution is 1.99. The number of nitrogens with one attached hydrogen (secondary N) is 3. The number of carboxylic acids is 1. The van der Waals surface area contributed by atoms with E-state index in [0.717, 1.165) is 0 Å². The molecule has 0 saturated carbocycles. The number of ether oxygens (including phenoxy) is 1. The third-order valence-electron chi connectivity index (χ3n) is 2.35. The molecule has 0 saturated heterocycles. The molecule has 1 aromatic heterocycles. The number of methoxy groups -OCH3 is 1. The Bertz CT molecular complexity index is 461. The van der Waals surface area contributed by atoms with Crippen LogP contribution < -0.4 is 10.6 Å². The highest BCUT2D eigenvalue weighted by Gasteiger charge is 2.21. The molecule has 0 unspecified atom stereocenters. The predicted molar refractivity (Wildman–Crippen MR) is 64.4 cm³/mol. The molecule has 1 heterocycles. The van der Waals surface area contributed by atoms with Gasteiger partial charge >= 0.3 is 18.0 Å². The zero-order valence-corrected chi connectivity index (χ0v) is 10.8. The molecule has 0 spiro atoms. The third kappa shape index (κ3) is 5.33. The number of carbonyl (C=O) groups excluding carboxylic acids is 2. The average Bonchev–Trinajstić information content (AvgIpc) is 2.93. The number of aliphatic carboxylic acids is 1. The van der Waals surface area contributed by atoms with Crippen molar-refractivity contribution in [1.29, 1.82) is 0 Å². The van der Waals surface area contributed by atoms with Crippen molar-refractivity contribution in [2.45, 2.75) is 25.4 Å². The maximum atomic E-state index is 11.5. The van der Waals surface area contributed by atoms with Crippen LogP contribution in [0.1, 0.15) is 18.7 Å². The molecule has 10 nitrogen and oxygen atoms in total. The van der Waals surface area contributed by atoms with E-state index in [2.05, 4.69) is 30.6 Å². The molecule has 0 fully saturated rings. The van der Waals surface area contributed by atoms with Gasteiger partial charge in [0.15, 0.2) is 0 Å². The number of esters is 1. The molecular weight excluding hydrogens is 270 g/mol. The van der Waals surface area contributed by atoms with E-state index in [-0.39, 0.29) is 19.4 Å². The molecule has 0 bridgehead atoms. The fourth-order valence-corrected chi connectivity index (χ4v) is 1.31. The fourth-order valence-electron chi connectivity index (χ4n) is 1.31. The quantitative estimate of drug-likeness (QED) is 0.470. The minimum absolute atomic E-state index is 0.0578. The van der Waals surface area contributed by atoms with Crippen molar-refractivity contribution in [3.05, 3.63) is 12.2 Å². The van der Waals surface area contributed by atoms with Crippen LogP contribution in [0.5, 0.6) is 0 Å². The maximum absolute atomic E-state index is 11.5. The Morgan fingerprint density at radius 3 is 2.80 bits per heavy atom. The number of carbonyl (C=O) groups is 3. The molecule has 10 heteroatoms. The maximum Gasteiger partial charge on any atom is 0.326 e. The van der Waals surface area contributed by atoms with Crippen LogP contribution >= 0.6 is 0 Å². The smallest absolute Gasteiger partial charge is 0.326 e. The number of hydrogen-bond acceptors (Lipinski definition) is 6. The van der Waals surface area contributed by atoms with E-state index in [1.165, 1.54) is 13.4 Å². The number of aromatic nitrogens is 3. The first-order valence-electron chi connectivity index (χ1n) is 5.71. The SMILES string of the molecule is COC(=O)CC[C@@H](NC(=O)NCc1ncn[nH]1)C(=O)O. The lowest BCUT2D eigenvalue weighted by Gasteiger charge is -2.14. The van der Waals surface area contributed by atoms with Gasteiger partial charge in [0, 0.05) is 6.42 Å². The van der Waals surface area contributed by atoms with Gasteiger partial charge in [-0.25, -0.2) is 14.6 Å². The first-order valence-corrected chi connectivity index (χ1v) is 5.71. The number of H-pyrrole nitrogens is 1. The Labute approximate surface area is 113 Å². The minimum Gasteiger partial charge on any atom is -0.480 e. The lowest BCUT2D eigenvalue weighted by atomic mass is 10.1. The van der Waals surface area contributed by atoms with Crippen LogP contribution in [0.25, 0.3) is 0 Å². The number of carboxylic acid groups (broad SMARTS) is 1. The molecule has 0 radical (unpaired) electrons. The van der Waals surface area contributed by atoms with Crippen LogP contribution in [-0.4, -0.2) is 51.4 Å². The van der Waals surface area contributed by atoms with Gasteiger partial charge < -0.3 is 20.5 Å². The summed E-state index contributed by atoms with van der Waals surface area (Å²) in [6.45, 7) is 0.0785. The van der Waals surface area contributed by atoms with Crippen molar-refractivity contribution in [2.75, 3.05) is 7.11 Å². The fraction of sp³-hybridized carbons (Fsp3) is 0.500.